The molecule has 0 saturated carbocycles. The first kappa shape index (κ1) is 14.8. The Morgan fingerprint density at radius 3 is 2.38 bits per heavy atom. The number of hydrogen-bond acceptors (Lipinski definition) is 3. The summed E-state index contributed by atoms with van der Waals surface area (Å²) in [6, 6.07) is 18.4. The molecule has 0 aliphatic rings. The van der Waals surface area contributed by atoms with Crippen LogP contribution >= 0.6 is 0 Å². The third kappa shape index (κ3) is 3.10. The molecule has 0 bridgehead atoms. The van der Waals surface area contributed by atoms with Gasteiger partial charge in [0.05, 0.1) is 11.3 Å². The topological polar surface area (TPSA) is 53.3 Å². The van der Waals surface area contributed by atoms with Crippen molar-refractivity contribution in [3.05, 3.63) is 65.7 Å². The van der Waals surface area contributed by atoms with E-state index in [9.17, 15) is 4.79 Å². The van der Waals surface area contributed by atoms with Gasteiger partial charge in [0, 0.05) is 14.2 Å². The van der Waals surface area contributed by atoms with Crippen LogP contribution < -0.4 is 4.90 Å². The van der Waals surface area contributed by atoms with E-state index in [0.717, 1.165) is 5.56 Å². The highest BCUT2D eigenvalue weighted by Crippen LogP contribution is 2.24. The summed E-state index contributed by atoms with van der Waals surface area (Å²) >= 11 is 0. The van der Waals surface area contributed by atoms with Crippen LogP contribution in [0.5, 0.6) is 0 Å². The van der Waals surface area contributed by atoms with Crippen LogP contribution in [0.4, 0.5) is 5.69 Å². The van der Waals surface area contributed by atoms with Crippen molar-refractivity contribution in [1.82, 2.24) is 0 Å². The molecule has 0 fully saturated rings. The van der Waals surface area contributed by atoms with E-state index in [1.807, 2.05) is 30.3 Å². The van der Waals surface area contributed by atoms with Crippen molar-refractivity contribution in [1.29, 1.82) is 5.26 Å². The summed E-state index contributed by atoms with van der Waals surface area (Å²) in [5.74, 6) is -0.216. The maximum Gasteiger partial charge on any atom is 0.260 e. The van der Waals surface area contributed by atoms with Gasteiger partial charge in [-0.1, -0.05) is 42.5 Å². The number of rotatable bonds is 4. The first-order chi connectivity index (χ1) is 10.2. The summed E-state index contributed by atoms with van der Waals surface area (Å²) < 4.78 is 5.34. The highest BCUT2D eigenvalue weighted by Gasteiger charge is 2.25. The Morgan fingerprint density at radius 2 is 1.76 bits per heavy atom. The van der Waals surface area contributed by atoms with Crippen LogP contribution in [0.3, 0.4) is 0 Å². The fourth-order valence-electron chi connectivity index (χ4n) is 2.16. The van der Waals surface area contributed by atoms with Crippen LogP contribution in [-0.2, 0) is 9.53 Å². The number of methoxy groups -OCH3 is 1. The van der Waals surface area contributed by atoms with Crippen LogP contribution in [-0.4, -0.2) is 20.1 Å². The molecular formula is C17H16N2O2. The zero-order valence-corrected chi connectivity index (χ0v) is 12.0. The number of amides is 1. The predicted molar refractivity (Wildman–Crippen MR) is 80.8 cm³/mol. The number of carbonyl (C=O) groups is 1. The smallest absolute Gasteiger partial charge is 0.260 e. The zero-order valence-electron chi connectivity index (χ0n) is 12.0. The van der Waals surface area contributed by atoms with Gasteiger partial charge >= 0.3 is 0 Å². The van der Waals surface area contributed by atoms with E-state index in [0.29, 0.717) is 11.3 Å². The molecule has 106 valence electrons. The van der Waals surface area contributed by atoms with Crippen LogP contribution in [0.2, 0.25) is 0 Å². The molecule has 21 heavy (non-hydrogen) atoms. The highest BCUT2D eigenvalue weighted by atomic mass is 16.5. The fourth-order valence-corrected chi connectivity index (χ4v) is 2.16. The Balaban J connectivity index is 2.32. The van der Waals surface area contributed by atoms with Crippen molar-refractivity contribution in [2.24, 2.45) is 0 Å². The monoisotopic (exact) mass is 280 g/mol. The van der Waals surface area contributed by atoms with Crippen molar-refractivity contribution < 1.29 is 9.53 Å². The Morgan fingerprint density at radius 1 is 1.14 bits per heavy atom. The van der Waals surface area contributed by atoms with Gasteiger partial charge in [0.15, 0.2) is 6.10 Å². The fraction of sp³-hybridized carbons (Fsp3) is 0.176. The van der Waals surface area contributed by atoms with Gasteiger partial charge in [-0.25, -0.2) is 0 Å². The molecule has 2 aromatic carbocycles. The normalized spacial score (nSPS) is 11.5. The minimum Gasteiger partial charge on any atom is -0.367 e. The molecule has 0 radical (unpaired) electrons. The largest absolute Gasteiger partial charge is 0.367 e. The first-order valence-corrected chi connectivity index (χ1v) is 6.53. The third-order valence-corrected chi connectivity index (χ3v) is 3.28. The molecule has 0 spiro atoms. The van der Waals surface area contributed by atoms with Crippen LogP contribution in [0.25, 0.3) is 0 Å². The second-order valence-corrected chi connectivity index (χ2v) is 4.55. The van der Waals surface area contributed by atoms with Gasteiger partial charge in [-0.15, -0.1) is 0 Å². The van der Waals surface area contributed by atoms with E-state index in [4.69, 9.17) is 10.00 Å². The summed E-state index contributed by atoms with van der Waals surface area (Å²) in [5, 5.41) is 9.14. The molecule has 2 aromatic rings. The number of para-hydroxylation sites is 1. The molecule has 2 rings (SSSR count). The molecule has 4 nitrogen and oxygen atoms in total. The Hall–Kier alpha value is -2.64. The molecule has 0 heterocycles. The second kappa shape index (κ2) is 6.69. The van der Waals surface area contributed by atoms with Gasteiger partial charge in [0.2, 0.25) is 0 Å². The summed E-state index contributed by atoms with van der Waals surface area (Å²) in [7, 11) is 3.15. The van der Waals surface area contributed by atoms with Crippen molar-refractivity contribution >= 4 is 11.6 Å². The van der Waals surface area contributed by atoms with Gasteiger partial charge in [-0.05, 0) is 17.7 Å². The summed E-state index contributed by atoms with van der Waals surface area (Å²) in [6.45, 7) is 0. The molecule has 0 aromatic heterocycles. The highest BCUT2D eigenvalue weighted by molar-refractivity contribution is 5.97. The van der Waals surface area contributed by atoms with Gasteiger partial charge in [-0.3, -0.25) is 4.79 Å². The number of benzene rings is 2. The molecule has 0 N–H and O–H groups in total. The molecule has 1 amide bonds. The first-order valence-electron chi connectivity index (χ1n) is 6.53. The summed E-state index contributed by atoms with van der Waals surface area (Å²) in [6.07, 6.45) is -0.692. The van der Waals surface area contributed by atoms with Crippen molar-refractivity contribution in [2.75, 3.05) is 19.1 Å². The van der Waals surface area contributed by atoms with Crippen molar-refractivity contribution in [2.45, 2.75) is 6.10 Å². The minimum absolute atomic E-state index is 0.216. The second-order valence-electron chi connectivity index (χ2n) is 4.55. The predicted octanol–water partition coefficient (Wildman–Crippen LogP) is 2.91. The van der Waals surface area contributed by atoms with E-state index < -0.39 is 6.10 Å². The molecule has 0 saturated heterocycles. The lowest BCUT2D eigenvalue weighted by Crippen LogP contribution is -2.33. The number of ether oxygens (including phenoxy) is 1. The molecule has 1 atom stereocenters. The maximum absolute atomic E-state index is 12.6. The number of hydrogen-bond donors (Lipinski definition) is 0. The van der Waals surface area contributed by atoms with E-state index in [1.54, 1.807) is 31.3 Å². The Bertz CT molecular complexity index is 662. The molecule has 0 aliphatic carbocycles. The van der Waals surface area contributed by atoms with Gasteiger partial charge in [0.1, 0.15) is 6.07 Å². The molecule has 0 aliphatic heterocycles. The Labute approximate surface area is 124 Å². The number of anilines is 1. The quantitative estimate of drug-likeness (QED) is 0.865. The molecule has 1 unspecified atom stereocenters. The maximum atomic E-state index is 12.6. The number of likely N-dealkylation sites (N-methyl/N-ethyl adjacent to an activating group) is 1. The molecule has 4 heteroatoms. The SMILES string of the molecule is COC(C(=O)N(C)c1ccccc1C#N)c1ccccc1. The standard InChI is InChI=1S/C17H16N2O2/c1-19(15-11-7-6-10-14(15)12-18)17(20)16(21-2)13-8-4-3-5-9-13/h3-11,16H,1-2H3. The molecular weight excluding hydrogens is 264 g/mol. The van der Waals surface area contributed by atoms with E-state index in [-0.39, 0.29) is 5.91 Å². The van der Waals surface area contributed by atoms with Crippen LogP contribution in [0.15, 0.2) is 54.6 Å². The Kier molecular flexibility index (Phi) is 4.70. The average molecular weight is 280 g/mol. The van der Waals surface area contributed by atoms with Crippen LogP contribution in [0.1, 0.15) is 17.2 Å². The summed E-state index contributed by atoms with van der Waals surface area (Å²) in [4.78, 5) is 14.1. The lowest BCUT2D eigenvalue weighted by Gasteiger charge is -2.24. The van der Waals surface area contributed by atoms with Crippen molar-refractivity contribution in [3.8, 4) is 6.07 Å². The number of nitriles is 1. The van der Waals surface area contributed by atoms with Gasteiger partial charge in [-0.2, -0.15) is 5.26 Å². The van der Waals surface area contributed by atoms with Crippen molar-refractivity contribution in [3.63, 3.8) is 0 Å². The van der Waals surface area contributed by atoms with Gasteiger partial charge in [0.25, 0.3) is 5.91 Å². The lowest BCUT2D eigenvalue weighted by molar-refractivity contribution is -0.128. The van der Waals surface area contributed by atoms with E-state index >= 15 is 0 Å². The number of nitrogens with zero attached hydrogens (tertiary/aromatic N) is 2. The zero-order chi connectivity index (χ0) is 15.2. The number of carbonyl (C=O) groups excluding carboxylic acids is 1. The van der Waals surface area contributed by atoms with E-state index in [2.05, 4.69) is 6.07 Å². The average Bonchev–Trinajstić information content (AvgIpc) is 2.55. The van der Waals surface area contributed by atoms with Crippen LogP contribution in [0, 0.1) is 11.3 Å². The minimum atomic E-state index is -0.692. The lowest BCUT2D eigenvalue weighted by atomic mass is 10.1. The third-order valence-electron chi connectivity index (χ3n) is 3.28. The van der Waals surface area contributed by atoms with E-state index in [1.165, 1.54) is 12.0 Å². The van der Waals surface area contributed by atoms with Gasteiger partial charge < -0.3 is 9.64 Å². The summed E-state index contributed by atoms with van der Waals surface area (Å²) in [5.41, 5.74) is 1.81.